The molecule has 0 fully saturated rings. The molecule has 0 bridgehead atoms. The lowest BCUT2D eigenvalue weighted by atomic mass is 10.2. The maximum Gasteiger partial charge on any atom is 0.342 e. The molecule has 0 unspecified atom stereocenters. The highest BCUT2D eigenvalue weighted by molar-refractivity contribution is 5.96. The van der Waals surface area contributed by atoms with Crippen LogP contribution in [-0.4, -0.2) is 38.0 Å². The number of ether oxygens (including phenoxy) is 1. The second-order valence-corrected chi connectivity index (χ2v) is 7.18. The van der Waals surface area contributed by atoms with E-state index in [0.717, 1.165) is 5.69 Å². The van der Waals surface area contributed by atoms with Crippen molar-refractivity contribution in [2.45, 2.75) is 13.8 Å². The van der Waals surface area contributed by atoms with Gasteiger partial charge < -0.3 is 10.1 Å². The first-order chi connectivity index (χ1) is 16.0. The van der Waals surface area contributed by atoms with Crippen LogP contribution in [0.2, 0.25) is 0 Å². The number of carbonyl (C=O) groups is 2. The molecule has 2 aromatic heterocycles. The number of aryl methyl sites for hydroxylation is 1. The van der Waals surface area contributed by atoms with Crippen LogP contribution in [0.15, 0.2) is 66.9 Å². The van der Waals surface area contributed by atoms with Gasteiger partial charge in [-0.3, -0.25) is 4.79 Å². The van der Waals surface area contributed by atoms with E-state index < -0.39 is 18.5 Å². The average Bonchev–Trinajstić information content (AvgIpc) is 3.38. The fourth-order valence-corrected chi connectivity index (χ4v) is 3.45. The molecule has 0 atom stereocenters. The summed E-state index contributed by atoms with van der Waals surface area (Å²) < 4.78 is 8.35. The maximum absolute atomic E-state index is 12.7. The lowest BCUT2D eigenvalue weighted by Gasteiger charge is -2.10. The molecule has 9 nitrogen and oxygen atoms in total. The fourth-order valence-electron chi connectivity index (χ4n) is 3.45. The lowest BCUT2D eigenvalue weighted by Crippen LogP contribution is -2.23. The lowest BCUT2D eigenvalue weighted by molar-refractivity contribution is -0.119. The molecular formula is C24H20N6O3. The van der Waals surface area contributed by atoms with Crippen molar-refractivity contribution in [2.24, 2.45) is 0 Å². The molecule has 164 valence electrons. The molecule has 1 N–H and O–H groups in total. The number of hydrogen-bond donors (Lipinski definition) is 1. The molecule has 2 heterocycles. The number of carbonyl (C=O) groups excluding carboxylic acids is 2. The highest BCUT2D eigenvalue weighted by Crippen LogP contribution is 2.21. The van der Waals surface area contributed by atoms with Gasteiger partial charge in [-0.25, -0.2) is 14.2 Å². The third-order valence-corrected chi connectivity index (χ3v) is 4.98. The first kappa shape index (κ1) is 21.5. The van der Waals surface area contributed by atoms with E-state index in [9.17, 15) is 14.9 Å². The number of hydrogen-bond acceptors (Lipinski definition) is 6. The number of nitriles is 1. The van der Waals surface area contributed by atoms with Crippen molar-refractivity contribution in [3.8, 4) is 17.4 Å². The predicted octanol–water partition coefficient (Wildman–Crippen LogP) is 3.34. The van der Waals surface area contributed by atoms with Gasteiger partial charge in [0.25, 0.3) is 5.91 Å². The van der Waals surface area contributed by atoms with E-state index in [1.165, 1.54) is 10.9 Å². The summed E-state index contributed by atoms with van der Waals surface area (Å²) in [7, 11) is 0. The molecule has 2 aromatic carbocycles. The fraction of sp³-hybridized carbons (Fsp3) is 0.125. The van der Waals surface area contributed by atoms with Gasteiger partial charge in [-0.2, -0.15) is 15.5 Å². The van der Waals surface area contributed by atoms with Gasteiger partial charge >= 0.3 is 5.97 Å². The van der Waals surface area contributed by atoms with Gasteiger partial charge in [0.05, 0.1) is 29.0 Å². The topological polar surface area (TPSA) is 115 Å². The van der Waals surface area contributed by atoms with Crippen LogP contribution in [0.1, 0.15) is 27.3 Å². The third kappa shape index (κ3) is 4.36. The Labute approximate surface area is 189 Å². The molecular weight excluding hydrogens is 420 g/mol. The largest absolute Gasteiger partial charge is 0.452 e. The number of anilines is 1. The summed E-state index contributed by atoms with van der Waals surface area (Å²) >= 11 is 0. The minimum Gasteiger partial charge on any atom is -0.452 e. The van der Waals surface area contributed by atoms with Crippen LogP contribution in [0, 0.1) is 25.2 Å². The van der Waals surface area contributed by atoms with Crippen LogP contribution in [0.5, 0.6) is 0 Å². The van der Waals surface area contributed by atoms with Gasteiger partial charge in [0.2, 0.25) is 0 Å². The van der Waals surface area contributed by atoms with Crippen LogP contribution in [0.3, 0.4) is 0 Å². The highest BCUT2D eigenvalue weighted by Gasteiger charge is 2.22. The van der Waals surface area contributed by atoms with Crippen molar-refractivity contribution in [2.75, 3.05) is 11.9 Å². The van der Waals surface area contributed by atoms with E-state index in [1.807, 2.05) is 54.6 Å². The van der Waals surface area contributed by atoms with Gasteiger partial charge in [-0.15, -0.1) is 0 Å². The number of aromatic nitrogens is 4. The first-order valence-corrected chi connectivity index (χ1v) is 10.1. The van der Waals surface area contributed by atoms with Gasteiger partial charge in [-0.05, 0) is 38.1 Å². The summed E-state index contributed by atoms with van der Waals surface area (Å²) in [6, 6.07) is 20.5. The second-order valence-electron chi connectivity index (χ2n) is 7.18. The summed E-state index contributed by atoms with van der Waals surface area (Å²) in [6.45, 7) is 2.95. The van der Waals surface area contributed by atoms with Gasteiger partial charge in [0.15, 0.2) is 12.4 Å². The number of nitrogens with one attached hydrogen (secondary N) is 1. The summed E-state index contributed by atoms with van der Waals surface area (Å²) in [5, 5.41) is 20.6. The SMILES string of the molecule is Cc1nn(-c2ccccc2)c(C)c1C(=O)OCC(=O)Nc1c(C#N)cnn1-c1ccccc1. The molecule has 33 heavy (non-hydrogen) atoms. The monoisotopic (exact) mass is 440 g/mol. The van der Waals surface area contributed by atoms with Crippen molar-refractivity contribution in [3.05, 3.63) is 89.4 Å². The average molecular weight is 440 g/mol. The van der Waals surface area contributed by atoms with E-state index >= 15 is 0 Å². The Bertz CT molecular complexity index is 1350. The zero-order chi connectivity index (χ0) is 23.4. The summed E-state index contributed by atoms with van der Waals surface area (Å²) in [6.07, 6.45) is 1.36. The van der Waals surface area contributed by atoms with Crippen molar-refractivity contribution >= 4 is 17.7 Å². The molecule has 4 aromatic rings. The first-order valence-electron chi connectivity index (χ1n) is 10.1. The number of nitrogens with zero attached hydrogens (tertiary/aromatic N) is 5. The normalized spacial score (nSPS) is 10.5. The van der Waals surface area contributed by atoms with Gasteiger partial charge in [0, 0.05) is 0 Å². The Hall–Kier alpha value is -4.71. The number of benzene rings is 2. The molecule has 1 amide bonds. The molecule has 9 heteroatoms. The molecule has 0 aliphatic heterocycles. The smallest absolute Gasteiger partial charge is 0.342 e. The second kappa shape index (κ2) is 9.20. The molecule has 0 aliphatic rings. The van der Waals surface area contributed by atoms with E-state index in [4.69, 9.17) is 4.74 Å². The van der Waals surface area contributed by atoms with Gasteiger partial charge in [0.1, 0.15) is 17.2 Å². The standard InChI is InChI=1S/C24H20N6O3/c1-16-22(17(2)29(28-16)19-9-5-3-6-10-19)24(32)33-15-21(31)27-23-18(13-25)14-26-30(23)20-11-7-4-8-12-20/h3-12,14H,15H2,1-2H3,(H,27,31). The summed E-state index contributed by atoms with van der Waals surface area (Å²) in [5.41, 5.74) is 3.08. The molecule has 0 saturated carbocycles. The van der Waals surface area contributed by atoms with Crippen LogP contribution in [-0.2, 0) is 9.53 Å². The number of esters is 1. The zero-order valence-corrected chi connectivity index (χ0v) is 18.0. The minimum absolute atomic E-state index is 0.189. The van der Waals surface area contributed by atoms with E-state index in [2.05, 4.69) is 15.5 Å². The van der Waals surface area contributed by atoms with E-state index in [1.54, 1.807) is 30.7 Å². The molecule has 0 aliphatic carbocycles. The van der Waals surface area contributed by atoms with Crippen LogP contribution >= 0.6 is 0 Å². The molecule has 4 rings (SSSR count). The zero-order valence-electron chi connectivity index (χ0n) is 18.0. The Kier molecular flexibility index (Phi) is 6.00. The third-order valence-electron chi connectivity index (χ3n) is 4.98. The molecule has 0 saturated heterocycles. The van der Waals surface area contributed by atoms with Crippen LogP contribution < -0.4 is 5.32 Å². The number of amides is 1. The summed E-state index contributed by atoms with van der Waals surface area (Å²) in [5.74, 6) is -1.04. The minimum atomic E-state index is -0.653. The van der Waals surface area contributed by atoms with Crippen LogP contribution in [0.4, 0.5) is 5.82 Å². The summed E-state index contributed by atoms with van der Waals surface area (Å²) in [4.78, 5) is 25.3. The number of para-hydroxylation sites is 2. The maximum atomic E-state index is 12.7. The van der Waals surface area contributed by atoms with Gasteiger partial charge in [-0.1, -0.05) is 36.4 Å². The molecule has 0 radical (unpaired) electrons. The Morgan fingerprint density at radius 1 is 1.00 bits per heavy atom. The van der Waals surface area contributed by atoms with Crippen molar-refractivity contribution < 1.29 is 14.3 Å². The Balaban J connectivity index is 1.48. The highest BCUT2D eigenvalue weighted by atomic mass is 16.5. The Morgan fingerprint density at radius 2 is 1.61 bits per heavy atom. The Morgan fingerprint density at radius 3 is 2.21 bits per heavy atom. The van der Waals surface area contributed by atoms with E-state index in [-0.39, 0.29) is 11.4 Å². The predicted molar refractivity (Wildman–Crippen MR) is 120 cm³/mol. The van der Waals surface area contributed by atoms with E-state index in [0.29, 0.717) is 22.6 Å². The number of rotatable bonds is 6. The molecule has 0 spiro atoms. The van der Waals surface area contributed by atoms with Crippen molar-refractivity contribution in [1.82, 2.24) is 19.6 Å². The quantitative estimate of drug-likeness (QED) is 0.460. The van der Waals surface area contributed by atoms with Crippen molar-refractivity contribution in [3.63, 3.8) is 0 Å². The van der Waals surface area contributed by atoms with Crippen molar-refractivity contribution in [1.29, 1.82) is 5.26 Å². The van der Waals surface area contributed by atoms with Crippen LogP contribution in [0.25, 0.3) is 11.4 Å².